The highest BCUT2D eigenvalue weighted by molar-refractivity contribution is 6.11. The quantitative estimate of drug-likeness (QED) is 0.424. The number of para-hydroxylation sites is 1. The van der Waals surface area contributed by atoms with Gasteiger partial charge in [0.05, 0.1) is 11.3 Å². The molecular weight excluding hydrogens is 456 g/mol. The summed E-state index contributed by atoms with van der Waals surface area (Å²) < 4.78 is 0. The van der Waals surface area contributed by atoms with E-state index >= 15 is 0 Å². The van der Waals surface area contributed by atoms with Crippen molar-refractivity contribution in [3.05, 3.63) is 101 Å². The topological polar surface area (TPSA) is 108 Å². The van der Waals surface area contributed by atoms with E-state index in [1.807, 2.05) is 37.3 Å². The third kappa shape index (κ3) is 4.98. The first-order valence-corrected chi connectivity index (χ1v) is 11.8. The van der Waals surface area contributed by atoms with Crippen LogP contribution in [0.2, 0.25) is 0 Å². The first kappa shape index (κ1) is 24.7. The van der Waals surface area contributed by atoms with Crippen LogP contribution >= 0.6 is 0 Å². The Balaban J connectivity index is 1.44. The number of carbonyl (C=O) groups excluding carboxylic acids is 4. The molecule has 0 saturated carbocycles. The third-order valence-electron chi connectivity index (χ3n) is 6.29. The molecule has 8 nitrogen and oxygen atoms in total. The summed E-state index contributed by atoms with van der Waals surface area (Å²) in [6.07, 6.45) is 0.337. The van der Waals surface area contributed by atoms with Crippen molar-refractivity contribution in [1.82, 2.24) is 15.5 Å². The van der Waals surface area contributed by atoms with Crippen molar-refractivity contribution in [2.24, 2.45) is 0 Å². The standard InChI is InChI=1S/C28H28N4O4/c1-3-28(21-9-5-4-6-10-21)26(35)32(27(36)31-28)18-24(33)30-23-12-8-7-11-22(23)25(34)29-17-20-15-13-19(2)14-16-20/h4-16H,3,17-18H2,1-2H3,(H,29,34)(H,30,33)(H,31,36). The molecule has 36 heavy (non-hydrogen) atoms. The molecule has 1 fully saturated rings. The highest BCUT2D eigenvalue weighted by atomic mass is 16.2. The normalized spacial score (nSPS) is 17.0. The minimum absolute atomic E-state index is 0.280. The van der Waals surface area contributed by atoms with Crippen molar-refractivity contribution in [2.75, 3.05) is 11.9 Å². The maximum atomic E-state index is 13.3. The number of hydrogen-bond donors (Lipinski definition) is 3. The summed E-state index contributed by atoms with van der Waals surface area (Å²) in [5.41, 5.74) is 2.09. The SMILES string of the molecule is CCC1(c2ccccc2)NC(=O)N(CC(=O)Nc2ccccc2C(=O)NCc2ccc(C)cc2)C1=O. The number of aryl methyl sites for hydroxylation is 1. The van der Waals surface area contributed by atoms with Gasteiger partial charge < -0.3 is 16.0 Å². The molecule has 0 spiro atoms. The van der Waals surface area contributed by atoms with Gasteiger partial charge in [-0.05, 0) is 36.6 Å². The van der Waals surface area contributed by atoms with Gasteiger partial charge in [-0.2, -0.15) is 0 Å². The molecule has 3 aromatic rings. The van der Waals surface area contributed by atoms with E-state index in [-0.39, 0.29) is 11.5 Å². The van der Waals surface area contributed by atoms with Crippen LogP contribution in [0.4, 0.5) is 10.5 Å². The first-order valence-electron chi connectivity index (χ1n) is 11.8. The van der Waals surface area contributed by atoms with Crippen molar-refractivity contribution in [3.8, 4) is 0 Å². The predicted molar refractivity (Wildman–Crippen MR) is 136 cm³/mol. The minimum atomic E-state index is -1.22. The number of benzene rings is 3. The van der Waals surface area contributed by atoms with Gasteiger partial charge in [0.15, 0.2) is 0 Å². The number of rotatable bonds is 8. The van der Waals surface area contributed by atoms with Crippen LogP contribution in [0, 0.1) is 6.92 Å². The molecule has 0 radical (unpaired) electrons. The van der Waals surface area contributed by atoms with Crippen LogP contribution in [-0.4, -0.2) is 35.2 Å². The predicted octanol–water partition coefficient (Wildman–Crippen LogP) is 3.72. The van der Waals surface area contributed by atoms with Gasteiger partial charge in [-0.25, -0.2) is 4.79 Å². The molecule has 0 aromatic heterocycles. The van der Waals surface area contributed by atoms with Gasteiger partial charge in [-0.3, -0.25) is 19.3 Å². The van der Waals surface area contributed by atoms with E-state index in [0.717, 1.165) is 16.0 Å². The lowest BCUT2D eigenvalue weighted by molar-refractivity contribution is -0.134. The van der Waals surface area contributed by atoms with Gasteiger partial charge in [0.2, 0.25) is 5.91 Å². The molecule has 1 heterocycles. The van der Waals surface area contributed by atoms with Gasteiger partial charge in [-0.1, -0.05) is 79.2 Å². The van der Waals surface area contributed by atoms with E-state index < -0.39 is 29.9 Å². The number of anilines is 1. The molecule has 1 aliphatic rings. The van der Waals surface area contributed by atoms with Crippen molar-refractivity contribution in [3.63, 3.8) is 0 Å². The number of carbonyl (C=O) groups is 4. The fraction of sp³-hybridized carbons (Fsp3) is 0.214. The van der Waals surface area contributed by atoms with Gasteiger partial charge >= 0.3 is 6.03 Å². The zero-order valence-electron chi connectivity index (χ0n) is 20.2. The summed E-state index contributed by atoms with van der Waals surface area (Å²) in [5.74, 6) is -1.42. The second-order valence-corrected chi connectivity index (χ2v) is 8.71. The molecule has 3 N–H and O–H groups in total. The molecule has 1 unspecified atom stereocenters. The maximum absolute atomic E-state index is 13.3. The summed E-state index contributed by atoms with van der Waals surface area (Å²) in [4.78, 5) is 52.6. The number of imide groups is 1. The van der Waals surface area contributed by atoms with Crippen molar-refractivity contribution in [1.29, 1.82) is 0 Å². The summed E-state index contributed by atoms with van der Waals surface area (Å²) in [7, 11) is 0. The van der Waals surface area contributed by atoms with Crippen LogP contribution < -0.4 is 16.0 Å². The molecule has 1 aliphatic heterocycles. The Morgan fingerprint density at radius 3 is 2.28 bits per heavy atom. The maximum Gasteiger partial charge on any atom is 0.325 e. The summed E-state index contributed by atoms with van der Waals surface area (Å²) >= 11 is 0. The van der Waals surface area contributed by atoms with Gasteiger partial charge in [0.1, 0.15) is 12.1 Å². The van der Waals surface area contributed by atoms with Crippen LogP contribution in [0.1, 0.15) is 40.4 Å². The lowest BCUT2D eigenvalue weighted by Crippen LogP contribution is -2.44. The van der Waals surface area contributed by atoms with E-state index in [1.54, 1.807) is 55.5 Å². The summed E-state index contributed by atoms with van der Waals surface area (Å²) in [6, 6.07) is 22.7. The largest absolute Gasteiger partial charge is 0.348 e. The Kier molecular flexibility index (Phi) is 7.15. The van der Waals surface area contributed by atoms with E-state index in [2.05, 4.69) is 16.0 Å². The number of nitrogens with zero attached hydrogens (tertiary/aromatic N) is 1. The van der Waals surface area contributed by atoms with E-state index in [1.165, 1.54) is 0 Å². The Morgan fingerprint density at radius 2 is 1.58 bits per heavy atom. The molecule has 0 aliphatic carbocycles. The lowest BCUT2D eigenvalue weighted by atomic mass is 9.87. The highest BCUT2D eigenvalue weighted by Crippen LogP contribution is 2.32. The highest BCUT2D eigenvalue weighted by Gasteiger charge is 2.51. The molecule has 0 bridgehead atoms. The van der Waals surface area contributed by atoms with Crippen LogP contribution in [0.5, 0.6) is 0 Å². The zero-order valence-corrected chi connectivity index (χ0v) is 20.2. The molecule has 4 rings (SSSR count). The lowest BCUT2D eigenvalue weighted by Gasteiger charge is -2.25. The van der Waals surface area contributed by atoms with Crippen LogP contribution in [0.15, 0.2) is 78.9 Å². The molecule has 184 valence electrons. The molecule has 1 saturated heterocycles. The fourth-order valence-corrected chi connectivity index (χ4v) is 4.24. The average molecular weight is 485 g/mol. The molecular formula is C28H28N4O4. The van der Waals surface area contributed by atoms with Gasteiger partial charge in [0, 0.05) is 6.54 Å². The average Bonchev–Trinajstić information content (AvgIpc) is 3.14. The minimum Gasteiger partial charge on any atom is -0.348 e. The van der Waals surface area contributed by atoms with Crippen LogP contribution in [0.25, 0.3) is 0 Å². The number of nitrogens with one attached hydrogen (secondary N) is 3. The van der Waals surface area contributed by atoms with Crippen LogP contribution in [0.3, 0.4) is 0 Å². The second-order valence-electron chi connectivity index (χ2n) is 8.71. The van der Waals surface area contributed by atoms with Gasteiger partial charge in [0.25, 0.3) is 11.8 Å². The zero-order chi connectivity index (χ0) is 25.7. The molecule has 1 atom stereocenters. The Bertz CT molecular complexity index is 1290. The molecule has 3 aromatic carbocycles. The van der Waals surface area contributed by atoms with E-state index in [4.69, 9.17) is 0 Å². The van der Waals surface area contributed by atoms with Crippen molar-refractivity contribution >= 4 is 29.4 Å². The van der Waals surface area contributed by atoms with Gasteiger partial charge in [-0.15, -0.1) is 0 Å². The van der Waals surface area contributed by atoms with Crippen molar-refractivity contribution < 1.29 is 19.2 Å². The Labute approximate surface area is 209 Å². The molecule has 5 amide bonds. The van der Waals surface area contributed by atoms with E-state index in [9.17, 15) is 19.2 Å². The van der Waals surface area contributed by atoms with E-state index in [0.29, 0.717) is 24.2 Å². The second kappa shape index (κ2) is 10.4. The fourth-order valence-electron chi connectivity index (χ4n) is 4.24. The number of urea groups is 1. The third-order valence-corrected chi connectivity index (χ3v) is 6.29. The number of amides is 5. The van der Waals surface area contributed by atoms with Crippen LogP contribution in [-0.2, 0) is 21.7 Å². The van der Waals surface area contributed by atoms with Crippen molar-refractivity contribution in [2.45, 2.75) is 32.4 Å². The monoisotopic (exact) mass is 484 g/mol. The smallest absolute Gasteiger partial charge is 0.325 e. The first-order chi connectivity index (χ1) is 17.3. The Morgan fingerprint density at radius 1 is 0.917 bits per heavy atom. The summed E-state index contributed by atoms with van der Waals surface area (Å²) in [5, 5.41) is 8.29. The number of hydrogen-bond acceptors (Lipinski definition) is 4. The molecule has 8 heteroatoms. The summed E-state index contributed by atoms with van der Waals surface area (Å²) in [6.45, 7) is 3.66. The Hall–Kier alpha value is -4.46.